The van der Waals surface area contributed by atoms with E-state index in [0.29, 0.717) is 10.6 Å². The topological polar surface area (TPSA) is 52.6 Å². The summed E-state index contributed by atoms with van der Waals surface area (Å²) in [7, 11) is 0. The van der Waals surface area contributed by atoms with Gasteiger partial charge >= 0.3 is 11.9 Å². The van der Waals surface area contributed by atoms with Crippen molar-refractivity contribution in [3.8, 4) is 0 Å². The van der Waals surface area contributed by atoms with Gasteiger partial charge in [0.2, 0.25) is 0 Å². The highest BCUT2D eigenvalue weighted by molar-refractivity contribution is 6.30. The molecule has 0 aromatic heterocycles. The van der Waals surface area contributed by atoms with E-state index in [0.717, 1.165) is 0 Å². The van der Waals surface area contributed by atoms with Gasteiger partial charge in [0.05, 0.1) is 6.61 Å². The summed E-state index contributed by atoms with van der Waals surface area (Å²) >= 11 is 5.81. The highest BCUT2D eigenvalue weighted by atomic mass is 35.5. The fourth-order valence-electron chi connectivity index (χ4n) is 1.61. The molecular weight excluding hydrogens is 280 g/mol. The predicted molar refractivity (Wildman–Crippen MR) is 76.7 cm³/mol. The third kappa shape index (κ3) is 4.85. The van der Waals surface area contributed by atoms with Crippen molar-refractivity contribution < 1.29 is 19.1 Å². The molecule has 0 aliphatic heterocycles. The summed E-state index contributed by atoms with van der Waals surface area (Å²) < 4.78 is 10.2. The van der Waals surface area contributed by atoms with E-state index in [4.69, 9.17) is 21.1 Å². The van der Waals surface area contributed by atoms with Gasteiger partial charge in [-0.05, 0) is 45.4 Å². The molecule has 0 fully saturated rings. The first-order chi connectivity index (χ1) is 9.24. The second-order valence-corrected chi connectivity index (χ2v) is 5.71. The van der Waals surface area contributed by atoms with Crippen LogP contribution in [0.25, 0.3) is 0 Å². The second kappa shape index (κ2) is 6.75. The number of hydrogen-bond donors (Lipinski definition) is 0. The van der Waals surface area contributed by atoms with Crippen LogP contribution in [0.15, 0.2) is 24.3 Å². The van der Waals surface area contributed by atoms with Gasteiger partial charge in [0.1, 0.15) is 5.60 Å². The van der Waals surface area contributed by atoms with Crippen molar-refractivity contribution in [3.63, 3.8) is 0 Å². The molecule has 20 heavy (non-hydrogen) atoms. The number of hydrogen-bond acceptors (Lipinski definition) is 4. The molecule has 5 heteroatoms. The zero-order valence-corrected chi connectivity index (χ0v) is 12.9. The van der Waals surface area contributed by atoms with Gasteiger partial charge in [0, 0.05) is 5.02 Å². The van der Waals surface area contributed by atoms with Crippen LogP contribution in [-0.4, -0.2) is 24.1 Å². The molecule has 1 atom stereocenters. The lowest BCUT2D eigenvalue weighted by Crippen LogP contribution is -2.32. The Balaban J connectivity index is 3.05. The quantitative estimate of drug-likeness (QED) is 0.632. The highest BCUT2D eigenvalue weighted by Gasteiger charge is 2.33. The number of halogens is 1. The van der Waals surface area contributed by atoms with Crippen molar-refractivity contribution in [2.75, 3.05) is 6.61 Å². The molecule has 0 saturated heterocycles. The van der Waals surface area contributed by atoms with E-state index in [2.05, 4.69) is 0 Å². The Labute approximate surface area is 124 Å². The summed E-state index contributed by atoms with van der Waals surface area (Å²) in [5.74, 6) is -2.34. The Morgan fingerprint density at radius 3 is 2.15 bits per heavy atom. The maximum atomic E-state index is 12.2. The first-order valence-corrected chi connectivity index (χ1v) is 6.77. The Kier molecular flexibility index (Phi) is 5.57. The fraction of sp³-hybridized carbons (Fsp3) is 0.467. The number of ether oxygens (including phenoxy) is 2. The molecule has 0 heterocycles. The molecule has 0 aliphatic carbocycles. The normalized spacial score (nSPS) is 12.7. The van der Waals surface area contributed by atoms with Gasteiger partial charge in [-0.1, -0.05) is 23.7 Å². The number of carbonyl (C=O) groups excluding carboxylic acids is 2. The number of rotatable bonds is 4. The van der Waals surface area contributed by atoms with Crippen LogP contribution in [0.1, 0.15) is 39.2 Å². The zero-order valence-electron chi connectivity index (χ0n) is 12.1. The lowest BCUT2D eigenvalue weighted by atomic mass is 9.99. The van der Waals surface area contributed by atoms with Crippen molar-refractivity contribution in [1.29, 1.82) is 0 Å². The third-order valence-electron chi connectivity index (χ3n) is 2.37. The summed E-state index contributed by atoms with van der Waals surface area (Å²) in [6.07, 6.45) is 0. The number of esters is 2. The molecule has 4 nitrogen and oxygen atoms in total. The average molecular weight is 299 g/mol. The summed E-state index contributed by atoms with van der Waals surface area (Å²) in [4.78, 5) is 24.2. The number of carbonyl (C=O) groups is 2. The number of benzene rings is 1. The van der Waals surface area contributed by atoms with Crippen LogP contribution in [0.2, 0.25) is 5.02 Å². The SMILES string of the molecule is CCOC(=O)C(C(=O)OC(C)(C)C)c1ccc(Cl)cc1. The van der Waals surface area contributed by atoms with Gasteiger partial charge < -0.3 is 9.47 Å². The molecule has 0 N–H and O–H groups in total. The molecule has 1 aromatic carbocycles. The summed E-state index contributed by atoms with van der Waals surface area (Å²) in [5, 5.41) is 0.528. The van der Waals surface area contributed by atoms with Gasteiger partial charge in [0.25, 0.3) is 0 Å². The van der Waals surface area contributed by atoms with Gasteiger partial charge in [-0.25, -0.2) is 0 Å². The van der Waals surface area contributed by atoms with E-state index in [1.165, 1.54) is 0 Å². The summed E-state index contributed by atoms with van der Waals surface area (Å²) in [5.41, 5.74) is -0.170. The van der Waals surface area contributed by atoms with E-state index in [1.54, 1.807) is 52.0 Å². The second-order valence-electron chi connectivity index (χ2n) is 5.27. The largest absolute Gasteiger partial charge is 0.465 e. The Bertz CT molecular complexity index is 474. The van der Waals surface area contributed by atoms with E-state index in [9.17, 15) is 9.59 Å². The average Bonchev–Trinajstić information content (AvgIpc) is 2.30. The van der Waals surface area contributed by atoms with E-state index in [1.807, 2.05) is 0 Å². The molecule has 0 bridgehead atoms. The van der Waals surface area contributed by atoms with Crippen LogP contribution in [-0.2, 0) is 19.1 Å². The Hall–Kier alpha value is -1.55. The van der Waals surface area contributed by atoms with Crippen molar-refractivity contribution in [2.45, 2.75) is 39.2 Å². The van der Waals surface area contributed by atoms with Crippen molar-refractivity contribution in [2.24, 2.45) is 0 Å². The summed E-state index contributed by atoms with van der Waals surface area (Å²) in [6.45, 7) is 7.12. The molecule has 1 unspecified atom stereocenters. The van der Waals surface area contributed by atoms with E-state index < -0.39 is 23.5 Å². The fourth-order valence-corrected chi connectivity index (χ4v) is 1.74. The first kappa shape index (κ1) is 16.5. The lowest BCUT2D eigenvalue weighted by Gasteiger charge is -2.23. The van der Waals surface area contributed by atoms with Gasteiger partial charge in [-0.2, -0.15) is 0 Å². The van der Waals surface area contributed by atoms with Gasteiger partial charge in [0.15, 0.2) is 5.92 Å². The third-order valence-corrected chi connectivity index (χ3v) is 2.62. The maximum Gasteiger partial charge on any atom is 0.325 e. The Morgan fingerprint density at radius 2 is 1.70 bits per heavy atom. The molecule has 0 saturated carbocycles. The molecule has 1 rings (SSSR count). The standard InChI is InChI=1S/C15H19ClO4/c1-5-19-13(17)12(14(18)20-15(2,3)4)10-6-8-11(16)9-7-10/h6-9,12H,5H2,1-4H3. The van der Waals surface area contributed by atoms with Crippen LogP contribution in [0, 0.1) is 0 Å². The predicted octanol–water partition coefficient (Wildman–Crippen LogP) is 3.33. The molecule has 0 spiro atoms. The van der Waals surface area contributed by atoms with E-state index in [-0.39, 0.29) is 6.61 Å². The van der Waals surface area contributed by atoms with Crippen molar-refractivity contribution in [3.05, 3.63) is 34.9 Å². The van der Waals surface area contributed by atoms with Crippen LogP contribution in [0.3, 0.4) is 0 Å². The molecule has 0 radical (unpaired) electrons. The lowest BCUT2D eigenvalue weighted by molar-refractivity contribution is -0.164. The van der Waals surface area contributed by atoms with Crippen molar-refractivity contribution in [1.82, 2.24) is 0 Å². The van der Waals surface area contributed by atoms with Gasteiger partial charge in [-0.3, -0.25) is 9.59 Å². The monoisotopic (exact) mass is 298 g/mol. The molecule has 1 aromatic rings. The first-order valence-electron chi connectivity index (χ1n) is 6.39. The van der Waals surface area contributed by atoms with Gasteiger partial charge in [-0.15, -0.1) is 0 Å². The minimum absolute atomic E-state index is 0.200. The van der Waals surface area contributed by atoms with Crippen LogP contribution in [0.5, 0.6) is 0 Å². The van der Waals surface area contributed by atoms with Crippen LogP contribution < -0.4 is 0 Å². The molecule has 0 aliphatic rings. The maximum absolute atomic E-state index is 12.2. The molecule has 0 amide bonds. The minimum atomic E-state index is -1.09. The van der Waals surface area contributed by atoms with Crippen molar-refractivity contribution >= 4 is 23.5 Å². The van der Waals surface area contributed by atoms with E-state index >= 15 is 0 Å². The molecule has 110 valence electrons. The highest BCUT2D eigenvalue weighted by Crippen LogP contribution is 2.24. The van der Waals surface area contributed by atoms with Crippen LogP contribution >= 0.6 is 11.6 Å². The minimum Gasteiger partial charge on any atom is -0.465 e. The summed E-state index contributed by atoms with van der Waals surface area (Å²) in [6, 6.07) is 6.47. The van der Waals surface area contributed by atoms with Crippen LogP contribution in [0.4, 0.5) is 0 Å². The molecular formula is C15H19ClO4. The Morgan fingerprint density at radius 1 is 1.15 bits per heavy atom. The zero-order chi connectivity index (χ0) is 15.3. The smallest absolute Gasteiger partial charge is 0.325 e.